The zero-order valence-electron chi connectivity index (χ0n) is 16.6. The van der Waals surface area contributed by atoms with Crippen LogP contribution in [0.1, 0.15) is 29.0 Å². The molecule has 0 N–H and O–H groups in total. The highest BCUT2D eigenvalue weighted by Crippen LogP contribution is 2.38. The predicted molar refractivity (Wildman–Crippen MR) is 131 cm³/mol. The Labute approximate surface area is 186 Å². The van der Waals surface area contributed by atoms with E-state index >= 15 is 0 Å². The van der Waals surface area contributed by atoms with Gasteiger partial charge in [0, 0.05) is 27.5 Å². The Morgan fingerprint density at radius 3 is 1.97 bits per heavy atom. The number of hydrogen-bond donors (Lipinski definition) is 0. The van der Waals surface area contributed by atoms with Gasteiger partial charge in [0.2, 0.25) is 0 Å². The number of anilines is 3. The Kier molecular flexibility index (Phi) is 5.25. The van der Waals surface area contributed by atoms with Crippen LogP contribution in [0.3, 0.4) is 0 Å². The molecule has 30 heavy (non-hydrogen) atoms. The number of benzene rings is 4. The van der Waals surface area contributed by atoms with Gasteiger partial charge in [-0.2, -0.15) is 0 Å². The summed E-state index contributed by atoms with van der Waals surface area (Å²) >= 11 is 3.55. The molecule has 0 amide bonds. The minimum absolute atomic E-state index is 0.415. The molecule has 0 saturated carbocycles. The number of nitrogens with zero attached hydrogens (tertiary/aromatic N) is 1. The molecule has 0 aromatic heterocycles. The number of hydrogen-bond acceptors (Lipinski definition) is 1. The molecule has 146 valence electrons. The van der Waals surface area contributed by atoms with Crippen molar-refractivity contribution in [1.29, 1.82) is 0 Å². The Morgan fingerprint density at radius 2 is 1.23 bits per heavy atom. The van der Waals surface area contributed by atoms with E-state index in [0.717, 1.165) is 28.0 Å². The van der Waals surface area contributed by atoms with Crippen molar-refractivity contribution in [2.45, 2.75) is 12.3 Å². The van der Waals surface area contributed by atoms with E-state index in [9.17, 15) is 0 Å². The van der Waals surface area contributed by atoms with E-state index in [1.165, 1.54) is 16.7 Å². The third-order valence-corrected chi connectivity index (χ3v) is 6.22. The van der Waals surface area contributed by atoms with Crippen LogP contribution in [0.2, 0.25) is 0 Å². The van der Waals surface area contributed by atoms with E-state index in [4.69, 9.17) is 0 Å². The van der Waals surface area contributed by atoms with Crippen molar-refractivity contribution < 1.29 is 0 Å². The molecule has 1 unspecified atom stereocenters. The van der Waals surface area contributed by atoms with Gasteiger partial charge in [-0.05, 0) is 71.6 Å². The van der Waals surface area contributed by atoms with Crippen molar-refractivity contribution in [3.63, 3.8) is 0 Å². The summed E-state index contributed by atoms with van der Waals surface area (Å²) in [7, 11) is 0. The largest absolute Gasteiger partial charge is 0.311 e. The first kappa shape index (κ1) is 18.9. The molecule has 1 nitrogen and oxygen atoms in total. The van der Waals surface area contributed by atoms with Crippen molar-refractivity contribution in [3.05, 3.63) is 130 Å². The highest BCUT2D eigenvalue weighted by Gasteiger charge is 2.19. The molecule has 1 aliphatic carbocycles. The van der Waals surface area contributed by atoms with Crippen LogP contribution in [0.5, 0.6) is 0 Å². The lowest BCUT2D eigenvalue weighted by atomic mass is 9.82. The molecule has 4 aromatic carbocycles. The van der Waals surface area contributed by atoms with Crippen LogP contribution in [0.25, 0.3) is 6.08 Å². The third-order valence-electron chi connectivity index (χ3n) is 5.69. The highest BCUT2D eigenvalue weighted by atomic mass is 79.9. The van der Waals surface area contributed by atoms with Gasteiger partial charge in [-0.25, -0.2) is 0 Å². The summed E-state index contributed by atoms with van der Waals surface area (Å²) in [5.41, 5.74) is 7.56. The van der Waals surface area contributed by atoms with E-state index in [1.807, 2.05) is 0 Å². The SMILES string of the molecule is Brc1ccc(N(c2ccccc2)c2ccc(C3CC=Cc4ccccc43)cc2)cc1. The summed E-state index contributed by atoms with van der Waals surface area (Å²) < 4.78 is 1.08. The van der Waals surface area contributed by atoms with E-state index in [2.05, 4.69) is 136 Å². The molecule has 2 heteroatoms. The van der Waals surface area contributed by atoms with Gasteiger partial charge in [0.1, 0.15) is 0 Å². The second-order valence-electron chi connectivity index (χ2n) is 7.56. The summed E-state index contributed by atoms with van der Waals surface area (Å²) in [4.78, 5) is 2.30. The summed E-state index contributed by atoms with van der Waals surface area (Å²) in [6, 6.07) is 36.8. The molecule has 5 rings (SSSR count). The van der Waals surface area contributed by atoms with E-state index < -0.39 is 0 Å². The Morgan fingerprint density at radius 1 is 0.633 bits per heavy atom. The van der Waals surface area contributed by atoms with Gasteiger partial charge >= 0.3 is 0 Å². The van der Waals surface area contributed by atoms with Crippen LogP contribution in [0.15, 0.2) is 114 Å². The maximum Gasteiger partial charge on any atom is 0.0462 e. The molecule has 0 aliphatic heterocycles. The Bertz CT molecular complexity index is 1160. The number of halogens is 1. The van der Waals surface area contributed by atoms with E-state index in [-0.39, 0.29) is 0 Å². The van der Waals surface area contributed by atoms with Crippen LogP contribution in [-0.2, 0) is 0 Å². The van der Waals surface area contributed by atoms with Gasteiger partial charge in [-0.3, -0.25) is 0 Å². The minimum atomic E-state index is 0.415. The molecular formula is C28H22BrN. The van der Waals surface area contributed by atoms with Crippen molar-refractivity contribution in [2.24, 2.45) is 0 Å². The zero-order chi connectivity index (χ0) is 20.3. The number of allylic oxidation sites excluding steroid dienone is 1. The summed E-state index contributed by atoms with van der Waals surface area (Å²) in [6.07, 6.45) is 5.58. The van der Waals surface area contributed by atoms with Crippen LogP contribution in [0.4, 0.5) is 17.1 Å². The van der Waals surface area contributed by atoms with Crippen LogP contribution in [0, 0.1) is 0 Å². The van der Waals surface area contributed by atoms with Gasteiger partial charge in [0.15, 0.2) is 0 Å². The van der Waals surface area contributed by atoms with Crippen molar-refractivity contribution >= 4 is 39.1 Å². The molecule has 0 bridgehead atoms. The fourth-order valence-corrected chi connectivity index (χ4v) is 4.49. The van der Waals surface area contributed by atoms with Crippen molar-refractivity contribution in [2.75, 3.05) is 4.90 Å². The molecule has 1 atom stereocenters. The Hall–Kier alpha value is -3.10. The molecule has 0 spiro atoms. The second-order valence-corrected chi connectivity index (χ2v) is 8.47. The lowest BCUT2D eigenvalue weighted by Gasteiger charge is -2.27. The second kappa shape index (κ2) is 8.33. The highest BCUT2D eigenvalue weighted by molar-refractivity contribution is 9.10. The summed E-state index contributed by atoms with van der Waals surface area (Å²) in [5.74, 6) is 0.415. The van der Waals surface area contributed by atoms with Gasteiger partial charge in [0.05, 0.1) is 0 Å². The smallest absolute Gasteiger partial charge is 0.0462 e. The Balaban J connectivity index is 1.52. The first-order valence-electron chi connectivity index (χ1n) is 10.3. The topological polar surface area (TPSA) is 3.24 Å². The fraction of sp³-hybridized carbons (Fsp3) is 0.0714. The van der Waals surface area contributed by atoms with E-state index in [0.29, 0.717) is 5.92 Å². The normalized spacial score (nSPS) is 14.9. The number of para-hydroxylation sites is 1. The van der Waals surface area contributed by atoms with Gasteiger partial charge in [0.25, 0.3) is 0 Å². The molecule has 0 fully saturated rings. The van der Waals surface area contributed by atoms with Crippen LogP contribution >= 0.6 is 15.9 Å². The third kappa shape index (κ3) is 3.71. The summed E-state index contributed by atoms with van der Waals surface area (Å²) in [6.45, 7) is 0. The standard InChI is InChI=1S/C28H22BrN/c29-23-15-19-26(20-16-23)30(24-9-2-1-3-10-24)25-17-13-22(14-18-25)28-12-6-8-21-7-4-5-11-27(21)28/h1-11,13-20,28H,12H2. The number of rotatable bonds is 4. The monoisotopic (exact) mass is 451 g/mol. The molecule has 4 aromatic rings. The zero-order valence-corrected chi connectivity index (χ0v) is 18.2. The molecule has 1 aliphatic rings. The van der Waals surface area contributed by atoms with E-state index in [1.54, 1.807) is 0 Å². The maximum atomic E-state index is 3.55. The maximum absolute atomic E-state index is 3.55. The van der Waals surface area contributed by atoms with Gasteiger partial charge in [-0.15, -0.1) is 0 Å². The van der Waals surface area contributed by atoms with Gasteiger partial charge in [-0.1, -0.05) is 82.7 Å². The van der Waals surface area contributed by atoms with Crippen LogP contribution in [-0.4, -0.2) is 0 Å². The molecule has 0 radical (unpaired) electrons. The first-order valence-corrected chi connectivity index (χ1v) is 11.0. The number of fused-ring (bicyclic) bond motifs is 1. The predicted octanol–water partition coefficient (Wildman–Crippen LogP) is 8.47. The lowest BCUT2D eigenvalue weighted by molar-refractivity contribution is 0.819. The first-order chi connectivity index (χ1) is 14.8. The van der Waals surface area contributed by atoms with Gasteiger partial charge < -0.3 is 4.90 Å². The average Bonchev–Trinajstić information content (AvgIpc) is 2.81. The quantitative estimate of drug-likeness (QED) is 0.300. The molecule has 0 heterocycles. The van der Waals surface area contributed by atoms with Crippen molar-refractivity contribution in [1.82, 2.24) is 0 Å². The van der Waals surface area contributed by atoms with Crippen molar-refractivity contribution in [3.8, 4) is 0 Å². The lowest BCUT2D eigenvalue weighted by Crippen LogP contribution is -2.10. The molecule has 0 saturated heterocycles. The summed E-state index contributed by atoms with van der Waals surface area (Å²) in [5, 5.41) is 0. The average molecular weight is 452 g/mol. The minimum Gasteiger partial charge on any atom is -0.311 e. The fourth-order valence-electron chi connectivity index (χ4n) is 4.22. The molecular weight excluding hydrogens is 430 g/mol. The van der Waals surface area contributed by atoms with Crippen LogP contribution < -0.4 is 4.90 Å².